The Morgan fingerprint density at radius 3 is 2.58 bits per heavy atom. The second-order valence-corrected chi connectivity index (χ2v) is 8.38. The van der Waals surface area contributed by atoms with Crippen LogP contribution in [0.3, 0.4) is 0 Å². The number of carbonyl (C=O) groups is 2. The van der Waals surface area contributed by atoms with Crippen molar-refractivity contribution in [1.29, 1.82) is 0 Å². The number of nitrogens with zero attached hydrogens (tertiary/aromatic N) is 2. The van der Waals surface area contributed by atoms with E-state index in [-0.39, 0.29) is 17.7 Å². The molecule has 0 N–H and O–H groups in total. The molecule has 1 aromatic heterocycles. The summed E-state index contributed by atoms with van der Waals surface area (Å²) in [6, 6.07) is 22.9. The van der Waals surface area contributed by atoms with Gasteiger partial charge >= 0.3 is 0 Å². The first-order valence-corrected chi connectivity index (χ1v) is 10.7. The molecule has 0 aliphatic carbocycles. The van der Waals surface area contributed by atoms with E-state index in [2.05, 4.69) is 46.9 Å². The smallest absolute Gasteiger partial charge is 0.294 e. The molecule has 5 heteroatoms. The largest absolute Gasteiger partial charge is 0.342 e. The Balaban J connectivity index is 1.53. The Hall–Kier alpha value is -3.75. The number of para-hydroxylation sites is 1. The van der Waals surface area contributed by atoms with E-state index in [0.29, 0.717) is 11.4 Å². The van der Waals surface area contributed by atoms with Crippen LogP contribution in [0.25, 0.3) is 27.8 Å². The molecule has 31 heavy (non-hydrogen) atoms. The monoisotopic (exact) mass is 422 g/mol. The van der Waals surface area contributed by atoms with Gasteiger partial charge in [0.15, 0.2) is 0 Å². The van der Waals surface area contributed by atoms with Crippen molar-refractivity contribution in [2.24, 2.45) is 0 Å². The molecule has 1 fully saturated rings. The number of terminal acetylenes is 1. The van der Waals surface area contributed by atoms with Crippen LogP contribution in [-0.2, 0) is 11.3 Å². The average Bonchev–Trinajstić information content (AvgIpc) is 3.26. The van der Waals surface area contributed by atoms with E-state index < -0.39 is 0 Å². The van der Waals surface area contributed by atoms with E-state index in [1.807, 2.05) is 36.5 Å². The summed E-state index contributed by atoms with van der Waals surface area (Å²) in [5, 5.41) is 3.13. The fourth-order valence-electron chi connectivity index (χ4n) is 3.92. The summed E-state index contributed by atoms with van der Waals surface area (Å²) in [7, 11) is 0. The van der Waals surface area contributed by atoms with Gasteiger partial charge in [-0.25, -0.2) is 0 Å². The van der Waals surface area contributed by atoms with E-state index >= 15 is 0 Å². The molecule has 0 radical (unpaired) electrons. The van der Waals surface area contributed by atoms with Crippen LogP contribution in [0.4, 0.5) is 4.79 Å². The number of fused-ring (bicyclic) bond motifs is 2. The van der Waals surface area contributed by atoms with E-state index in [1.165, 1.54) is 16.3 Å². The van der Waals surface area contributed by atoms with Gasteiger partial charge in [0.1, 0.15) is 0 Å². The first-order chi connectivity index (χ1) is 15.1. The van der Waals surface area contributed by atoms with Crippen LogP contribution in [0.1, 0.15) is 11.1 Å². The maximum Gasteiger partial charge on any atom is 0.294 e. The SMILES string of the molecule is C#CCN1C(=O)S/C(=C/c2cn(Cc3ccc4ccccc4c3)c3ccccc23)C1=O. The summed E-state index contributed by atoms with van der Waals surface area (Å²) in [6.45, 7) is 0.698. The fraction of sp³-hybridized carbons (Fsp3) is 0.0769. The van der Waals surface area contributed by atoms with Crippen molar-refractivity contribution in [2.75, 3.05) is 6.54 Å². The molecule has 1 aliphatic heterocycles. The summed E-state index contributed by atoms with van der Waals surface area (Å²) in [6.07, 6.45) is 9.12. The van der Waals surface area contributed by atoms with Gasteiger partial charge in [-0.1, -0.05) is 60.5 Å². The third-order valence-electron chi connectivity index (χ3n) is 5.40. The molecule has 0 saturated carbocycles. The van der Waals surface area contributed by atoms with E-state index in [9.17, 15) is 9.59 Å². The number of aromatic nitrogens is 1. The highest BCUT2D eigenvalue weighted by molar-refractivity contribution is 8.18. The summed E-state index contributed by atoms with van der Waals surface area (Å²) >= 11 is 0.934. The summed E-state index contributed by atoms with van der Waals surface area (Å²) in [5.74, 6) is 2.03. The summed E-state index contributed by atoms with van der Waals surface area (Å²) < 4.78 is 2.18. The molecule has 0 atom stereocenters. The van der Waals surface area contributed by atoms with Gasteiger partial charge in [0, 0.05) is 29.2 Å². The summed E-state index contributed by atoms with van der Waals surface area (Å²) in [4.78, 5) is 26.2. The standard InChI is InChI=1S/C26H18N2O2S/c1-2-13-28-25(29)24(31-26(28)30)15-21-17-27(23-10-6-5-9-22(21)23)16-18-11-12-19-7-3-4-8-20(19)14-18/h1,3-12,14-15,17H,13,16H2/b24-15+. The molecule has 1 aliphatic rings. The Bertz CT molecular complexity index is 1420. The van der Waals surface area contributed by atoms with Crippen molar-refractivity contribution in [1.82, 2.24) is 9.47 Å². The second kappa shape index (κ2) is 7.82. The van der Waals surface area contributed by atoms with Crippen LogP contribution >= 0.6 is 11.8 Å². The highest BCUT2D eigenvalue weighted by atomic mass is 32.2. The van der Waals surface area contributed by atoms with Gasteiger partial charge < -0.3 is 4.57 Å². The lowest BCUT2D eigenvalue weighted by molar-refractivity contribution is -0.122. The number of hydrogen-bond donors (Lipinski definition) is 0. The number of carbonyl (C=O) groups excluding carboxylic acids is 2. The first-order valence-electron chi connectivity index (χ1n) is 9.88. The maximum absolute atomic E-state index is 12.6. The average molecular weight is 423 g/mol. The number of benzene rings is 3. The van der Waals surface area contributed by atoms with Crippen molar-refractivity contribution < 1.29 is 9.59 Å². The van der Waals surface area contributed by atoms with E-state index in [0.717, 1.165) is 33.1 Å². The van der Waals surface area contributed by atoms with E-state index in [4.69, 9.17) is 6.42 Å². The van der Waals surface area contributed by atoms with Gasteiger partial charge in [0.2, 0.25) is 0 Å². The molecule has 5 rings (SSSR count). The molecule has 0 bridgehead atoms. The number of rotatable bonds is 4. The molecule has 0 unspecified atom stereocenters. The van der Waals surface area contributed by atoms with Crippen LogP contribution in [0, 0.1) is 12.3 Å². The molecular weight excluding hydrogens is 404 g/mol. The molecule has 3 aromatic carbocycles. The lowest BCUT2D eigenvalue weighted by Gasteiger charge is -2.07. The third kappa shape index (κ3) is 3.52. The van der Waals surface area contributed by atoms with Crippen LogP contribution in [-0.4, -0.2) is 27.2 Å². The van der Waals surface area contributed by atoms with Crippen molar-refractivity contribution in [3.63, 3.8) is 0 Å². The molecule has 4 nitrogen and oxygen atoms in total. The fourth-order valence-corrected chi connectivity index (χ4v) is 4.75. The lowest BCUT2D eigenvalue weighted by Crippen LogP contribution is -2.28. The minimum atomic E-state index is -0.334. The van der Waals surface area contributed by atoms with Crippen molar-refractivity contribution in [3.05, 3.63) is 89.0 Å². The molecule has 150 valence electrons. The van der Waals surface area contributed by atoms with Crippen LogP contribution in [0.15, 0.2) is 77.8 Å². The van der Waals surface area contributed by atoms with Gasteiger partial charge in [-0.2, -0.15) is 0 Å². The van der Waals surface area contributed by atoms with Gasteiger partial charge in [0.25, 0.3) is 11.1 Å². The molecule has 2 heterocycles. The minimum absolute atomic E-state index is 0.00820. The van der Waals surface area contributed by atoms with Gasteiger partial charge in [-0.15, -0.1) is 6.42 Å². The molecule has 2 amide bonds. The van der Waals surface area contributed by atoms with E-state index in [1.54, 1.807) is 6.08 Å². The second-order valence-electron chi connectivity index (χ2n) is 7.38. The summed E-state index contributed by atoms with van der Waals surface area (Å²) in [5.41, 5.74) is 3.17. The molecule has 4 aromatic rings. The lowest BCUT2D eigenvalue weighted by atomic mass is 10.1. The molecule has 1 saturated heterocycles. The van der Waals surface area contributed by atoms with Gasteiger partial charge in [0.05, 0.1) is 11.4 Å². The highest BCUT2D eigenvalue weighted by Crippen LogP contribution is 2.34. The van der Waals surface area contributed by atoms with Crippen LogP contribution in [0.5, 0.6) is 0 Å². The topological polar surface area (TPSA) is 42.3 Å². The third-order valence-corrected chi connectivity index (χ3v) is 6.30. The quantitative estimate of drug-likeness (QED) is 0.322. The predicted octanol–water partition coefficient (Wildman–Crippen LogP) is 5.51. The van der Waals surface area contributed by atoms with Gasteiger partial charge in [-0.05, 0) is 46.3 Å². The van der Waals surface area contributed by atoms with Crippen molar-refractivity contribution in [2.45, 2.75) is 6.54 Å². The van der Waals surface area contributed by atoms with Crippen LogP contribution < -0.4 is 0 Å². The highest BCUT2D eigenvalue weighted by Gasteiger charge is 2.34. The normalized spacial score (nSPS) is 15.3. The van der Waals surface area contributed by atoms with Crippen molar-refractivity contribution in [3.8, 4) is 12.3 Å². The Morgan fingerprint density at radius 2 is 1.74 bits per heavy atom. The predicted molar refractivity (Wildman–Crippen MR) is 126 cm³/mol. The number of thioether (sulfide) groups is 1. The van der Waals surface area contributed by atoms with Crippen molar-refractivity contribution >= 4 is 50.7 Å². The zero-order valence-electron chi connectivity index (χ0n) is 16.6. The Labute approximate surface area is 184 Å². The number of amides is 2. The maximum atomic E-state index is 12.6. The zero-order valence-corrected chi connectivity index (χ0v) is 17.4. The first kappa shape index (κ1) is 19.2. The number of hydrogen-bond acceptors (Lipinski definition) is 3. The number of imide groups is 1. The zero-order chi connectivity index (χ0) is 21.4. The molecule has 0 spiro atoms. The Morgan fingerprint density at radius 1 is 0.968 bits per heavy atom. The van der Waals surface area contributed by atoms with Crippen LogP contribution in [0.2, 0.25) is 0 Å². The van der Waals surface area contributed by atoms with Gasteiger partial charge in [-0.3, -0.25) is 14.5 Å². The minimum Gasteiger partial charge on any atom is -0.342 e. The molecular formula is C26H18N2O2S. The Kier molecular flexibility index (Phi) is 4.85.